The van der Waals surface area contributed by atoms with Crippen LogP contribution in [-0.4, -0.2) is 37.8 Å². The maximum atomic E-state index is 11.5. The van der Waals surface area contributed by atoms with Crippen LogP contribution in [0.15, 0.2) is 10.7 Å². The van der Waals surface area contributed by atoms with Crippen molar-refractivity contribution in [2.45, 2.75) is 47.7 Å². The van der Waals surface area contributed by atoms with Crippen molar-refractivity contribution < 1.29 is 9.90 Å². The smallest absolute Gasteiger partial charge is 0.323 e. The van der Waals surface area contributed by atoms with Gasteiger partial charge in [-0.25, -0.2) is 4.98 Å². The van der Waals surface area contributed by atoms with Crippen LogP contribution in [0.4, 0.5) is 0 Å². The number of nitrogens with one attached hydrogen (secondary N) is 1. The number of nitrogens with zero attached hydrogens (tertiary/aromatic N) is 2. The first-order valence-electron chi connectivity index (χ1n) is 6.08. The summed E-state index contributed by atoms with van der Waals surface area (Å²) in [7, 11) is 0. The standard InChI is InChI=1S/C11H17N3O2S2/c1-2-5-13-11(9(15)16)4-3-8(6-11)17-10-12-7-14-18-10/h7-8,13H,2-6H2,1H3,(H,15,16). The minimum Gasteiger partial charge on any atom is -0.480 e. The Bertz CT molecular complexity index is 399. The second-order valence-corrected chi connectivity index (χ2v) is 6.83. The van der Waals surface area contributed by atoms with Crippen LogP contribution in [0, 0.1) is 0 Å². The molecule has 2 atom stereocenters. The molecule has 1 aromatic heterocycles. The molecule has 2 N–H and O–H groups in total. The Morgan fingerprint density at radius 1 is 1.78 bits per heavy atom. The van der Waals surface area contributed by atoms with E-state index >= 15 is 0 Å². The van der Waals surface area contributed by atoms with Crippen molar-refractivity contribution in [3.8, 4) is 0 Å². The molecule has 0 amide bonds. The van der Waals surface area contributed by atoms with Gasteiger partial charge in [0.05, 0.1) is 0 Å². The number of carboxylic acid groups (broad SMARTS) is 1. The molecular formula is C11H17N3O2S2. The fraction of sp³-hybridized carbons (Fsp3) is 0.727. The molecule has 0 aromatic carbocycles. The zero-order valence-corrected chi connectivity index (χ0v) is 11.9. The summed E-state index contributed by atoms with van der Waals surface area (Å²) in [6.07, 6.45) is 4.75. The van der Waals surface area contributed by atoms with Crippen molar-refractivity contribution >= 4 is 29.3 Å². The first-order chi connectivity index (χ1) is 8.66. The number of aromatic nitrogens is 2. The van der Waals surface area contributed by atoms with Gasteiger partial charge in [-0.05, 0) is 43.8 Å². The summed E-state index contributed by atoms with van der Waals surface area (Å²) in [6.45, 7) is 2.80. The van der Waals surface area contributed by atoms with Gasteiger partial charge < -0.3 is 10.4 Å². The van der Waals surface area contributed by atoms with E-state index in [1.54, 1.807) is 18.1 Å². The summed E-state index contributed by atoms with van der Waals surface area (Å²) < 4.78 is 4.89. The van der Waals surface area contributed by atoms with Crippen LogP contribution < -0.4 is 5.32 Å². The van der Waals surface area contributed by atoms with E-state index in [-0.39, 0.29) is 0 Å². The summed E-state index contributed by atoms with van der Waals surface area (Å²) in [5, 5.41) is 13.0. The highest BCUT2D eigenvalue weighted by Crippen LogP contribution is 2.40. The zero-order valence-electron chi connectivity index (χ0n) is 10.3. The zero-order chi connectivity index (χ0) is 13.0. The van der Waals surface area contributed by atoms with Gasteiger partial charge in [-0.1, -0.05) is 18.7 Å². The predicted molar refractivity (Wildman–Crippen MR) is 72.1 cm³/mol. The Labute approximate surface area is 115 Å². The van der Waals surface area contributed by atoms with E-state index in [1.807, 2.05) is 6.92 Å². The Morgan fingerprint density at radius 2 is 2.61 bits per heavy atom. The molecule has 2 rings (SSSR count). The molecule has 2 unspecified atom stereocenters. The third-order valence-electron chi connectivity index (χ3n) is 3.20. The molecule has 1 aliphatic carbocycles. The summed E-state index contributed by atoms with van der Waals surface area (Å²) in [6, 6.07) is 0. The molecule has 1 aliphatic rings. The Balaban J connectivity index is 1.97. The highest BCUT2D eigenvalue weighted by molar-refractivity contribution is 8.01. The molecule has 0 spiro atoms. The van der Waals surface area contributed by atoms with Gasteiger partial charge in [-0.2, -0.15) is 4.37 Å². The third-order valence-corrected chi connectivity index (χ3v) is 5.22. The lowest BCUT2D eigenvalue weighted by Gasteiger charge is -2.25. The van der Waals surface area contributed by atoms with Gasteiger partial charge in [0.25, 0.3) is 0 Å². The molecule has 0 saturated heterocycles. The van der Waals surface area contributed by atoms with E-state index in [2.05, 4.69) is 14.7 Å². The van der Waals surface area contributed by atoms with Crippen LogP contribution in [0.3, 0.4) is 0 Å². The van der Waals surface area contributed by atoms with Gasteiger partial charge in [0.1, 0.15) is 11.9 Å². The summed E-state index contributed by atoms with van der Waals surface area (Å²) >= 11 is 3.02. The fourth-order valence-electron chi connectivity index (χ4n) is 2.25. The lowest BCUT2D eigenvalue weighted by molar-refractivity contribution is -0.144. The molecular weight excluding hydrogens is 270 g/mol. The monoisotopic (exact) mass is 287 g/mol. The molecule has 0 bridgehead atoms. The quantitative estimate of drug-likeness (QED) is 0.833. The van der Waals surface area contributed by atoms with Crippen molar-refractivity contribution in [3.63, 3.8) is 0 Å². The van der Waals surface area contributed by atoms with E-state index in [0.29, 0.717) is 18.1 Å². The Kier molecular flexibility index (Phi) is 4.58. The number of carboxylic acids is 1. The van der Waals surface area contributed by atoms with E-state index in [9.17, 15) is 9.90 Å². The van der Waals surface area contributed by atoms with E-state index in [0.717, 1.165) is 23.7 Å². The predicted octanol–water partition coefficient (Wildman–Crippen LogP) is 2.01. The number of aliphatic carboxylic acids is 1. The average Bonchev–Trinajstić information content (AvgIpc) is 2.97. The van der Waals surface area contributed by atoms with Crippen molar-refractivity contribution in [1.29, 1.82) is 0 Å². The van der Waals surface area contributed by atoms with Crippen LogP contribution in [-0.2, 0) is 4.79 Å². The normalized spacial score (nSPS) is 27.5. The average molecular weight is 287 g/mol. The molecule has 7 heteroatoms. The van der Waals surface area contributed by atoms with Crippen LogP contribution in [0.1, 0.15) is 32.6 Å². The van der Waals surface area contributed by atoms with Gasteiger partial charge >= 0.3 is 5.97 Å². The lowest BCUT2D eigenvalue weighted by atomic mass is 9.98. The van der Waals surface area contributed by atoms with Gasteiger partial charge in [0.15, 0.2) is 4.34 Å². The van der Waals surface area contributed by atoms with Crippen molar-refractivity contribution in [3.05, 3.63) is 6.33 Å². The molecule has 18 heavy (non-hydrogen) atoms. The van der Waals surface area contributed by atoms with Gasteiger partial charge in [-0.15, -0.1) is 0 Å². The van der Waals surface area contributed by atoms with Gasteiger partial charge in [0, 0.05) is 5.25 Å². The maximum absolute atomic E-state index is 11.5. The number of thioether (sulfide) groups is 1. The molecule has 1 saturated carbocycles. The number of hydrogen-bond acceptors (Lipinski definition) is 6. The second kappa shape index (κ2) is 5.99. The second-order valence-electron chi connectivity index (χ2n) is 4.50. The maximum Gasteiger partial charge on any atom is 0.323 e. The fourth-order valence-corrected chi connectivity index (χ4v) is 4.24. The van der Waals surface area contributed by atoms with Crippen molar-refractivity contribution in [2.24, 2.45) is 0 Å². The molecule has 100 valence electrons. The van der Waals surface area contributed by atoms with Crippen LogP contribution >= 0.6 is 23.3 Å². The highest BCUT2D eigenvalue weighted by atomic mass is 32.2. The molecule has 5 nitrogen and oxygen atoms in total. The van der Waals surface area contributed by atoms with Gasteiger partial charge in [-0.3, -0.25) is 4.79 Å². The van der Waals surface area contributed by atoms with Crippen LogP contribution in [0.25, 0.3) is 0 Å². The van der Waals surface area contributed by atoms with Crippen LogP contribution in [0.5, 0.6) is 0 Å². The SMILES string of the molecule is CCCNC1(C(=O)O)CCC(Sc2ncns2)C1. The molecule has 1 heterocycles. The first kappa shape index (κ1) is 13.8. The molecule has 1 aromatic rings. The minimum absolute atomic E-state index is 0.318. The summed E-state index contributed by atoms with van der Waals surface area (Å²) in [4.78, 5) is 15.6. The third kappa shape index (κ3) is 3.02. The number of hydrogen-bond donors (Lipinski definition) is 2. The number of carbonyl (C=O) groups is 1. The molecule has 1 fully saturated rings. The summed E-state index contributed by atoms with van der Waals surface area (Å²) in [5.41, 5.74) is -0.738. The van der Waals surface area contributed by atoms with Crippen LogP contribution in [0.2, 0.25) is 0 Å². The van der Waals surface area contributed by atoms with E-state index < -0.39 is 11.5 Å². The first-order valence-corrected chi connectivity index (χ1v) is 7.73. The summed E-state index contributed by atoms with van der Waals surface area (Å²) in [5.74, 6) is -0.726. The Morgan fingerprint density at radius 3 is 3.22 bits per heavy atom. The topological polar surface area (TPSA) is 75.1 Å². The highest BCUT2D eigenvalue weighted by Gasteiger charge is 2.45. The van der Waals surface area contributed by atoms with E-state index in [1.165, 1.54) is 11.5 Å². The lowest BCUT2D eigenvalue weighted by Crippen LogP contribution is -2.50. The minimum atomic E-state index is -0.738. The van der Waals surface area contributed by atoms with Crippen molar-refractivity contribution in [1.82, 2.24) is 14.7 Å². The largest absolute Gasteiger partial charge is 0.480 e. The molecule has 0 radical (unpaired) electrons. The Hall–Kier alpha value is -0.660. The van der Waals surface area contributed by atoms with Crippen molar-refractivity contribution in [2.75, 3.05) is 6.54 Å². The number of rotatable bonds is 6. The van der Waals surface area contributed by atoms with E-state index in [4.69, 9.17) is 0 Å². The molecule has 0 aliphatic heterocycles. The van der Waals surface area contributed by atoms with Gasteiger partial charge in [0.2, 0.25) is 0 Å².